The Hall–Kier alpha value is -3.17. The summed E-state index contributed by atoms with van der Waals surface area (Å²) >= 11 is 0. The Labute approximate surface area is 181 Å². The summed E-state index contributed by atoms with van der Waals surface area (Å²) in [5.74, 6) is -2.64. The first-order valence-corrected chi connectivity index (χ1v) is 10.0. The Morgan fingerprint density at radius 2 is 1.68 bits per heavy atom. The van der Waals surface area contributed by atoms with Gasteiger partial charge in [0, 0.05) is 18.2 Å². The molecule has 0 aliphatic carbocycles. The maximum Gasteiger partial charge on any atom is 0.407 e. The fraction of sp³-hybridized carbons (Fsp3) is 0.571. The minimum atomic E-state index is -1.18. The largest absolute Gasteiger partial charge is 0.465 e. The molecule has 0 heterocycles. The molecule has 0 bridgehead atoms. The Balaban J connectivity index is 2.98. The second-order valence-electron chi connectivity index (χ2n) is 7.67. The zero-order valence-corrected chi connectivity index (χ0v) is 18.6. The van der Waals surface area contributed by atoms with Gasteiger partial charge in [-0.3, -0.25) is 19.7 Å². The predicted octanol–water partition coefficient (Wildman–Crippen LogP) is 3.29. The van der Waals surface area contributed by atoms with Crippen LogP contribution in [0.1, 0.15) is 52.2 Å². The summed E-state index contributed by atoms with van der Waals surface area (Å²) in [6.07, 6.45) is -0.558. The number of ether oxygens (including phenoxy) is 3. The van der Waals surface area contributed by atoms with Gasteiger partial charge >= 0.3 is 18.0 Å². The van der Waals surface area contributed by atoms with Gasteiger partial charge in [0.2, 0.25) is 0 Å². The molecule has 0 saturated carbocycles. The summed E-state index contributed by atoms with van der Waals surface area (Å²) in [4.78, 5) is 47.0. The number of nitrogens with zero attached hydrogens (tertiary/aromatic N) is 1. The normalized spacial score (nSPS) is 11.0. The monoisotopic (exact) mass is 438 g/mol. The number of alkyl carbamates (subject to hydrolysis) is 1. The van der Waals surface area contributed by atoms with E-state index in [1.807, 2.05) is 0 Å². The van der Waals surface area contributed by atoms with Gasteiger partial charge in [0.25, 0.3) is 5.69 Å². The standard InChI is InChI=1S/C21H30N2O8/c1-6-29-18(24)16(19(25)30-7-2)10-9-15-12-14(8-11-17(15)23(27)28)13-22-20(26)31-21(3,4)5/h8,11-12,16H,6-7,9-10,13H2,1-5H3,(H,22,26). The van der Waals surface area contributed by atoms with Gasteiger partial charge in [-0.05, 0) is 59.1 Å². The van der Waals surface area contributed by atoms with Crippen molar-refractivity contribution in [3.8, 4) is 0 Å². The fourth-order valence-electron chi connectivity index (χ4n) is 2.73. The average molecular weight is 438 g/mol. The van der Waals surface area contributed by atoms with E-state index in [0.29, 0.717) is 11.1 Å². The molecule has 0 aromatic heterocycles. The van der Waals surface area contributed by atoms with Gasteiger partial charge in [0.15, 0.2) is 5.92 Å². The zero-order valence-electron chi connectivity index (χ0n) is 18.6. The molecule has 0 saturated heterocycles. The van der Waals surface area contributed by atoms with Crippen LogP contribution in [0.2, 0.25) is 0 Å². The lowest BCUT2D eigenvalue weighted by Gasteiger charge is -2.19. The molecule has 0 radical (unpaired) electrons. The van der Waals surface area contributed by atoms with Crippen molar-refractivity contribution in [2.24, 2.45) is 5.92 Å². The first kappa shape index (κ1) is 25.9. The van der Waals surface area contributed by atoms with E-state index in [-0.39, 0.29) is 38.3 Å². The zero-order chi connectivity index (χ0) is 23.6. The molecular formula is C21H30N2O8. The summed E-state index contributed by atoms with van der Waals surface area (Å²) < 4.78 is 15.0. The maximum absolute atomic E-state index is 12.1. The van der Waals surface area contributed by atoms with E-state index in [1.54, 1.807) is 40.7 Å². The van der Waals surface area contributed by atoms with E-state index in [1.165, 1.54) is 12.1 Å². The number of benzene rings is 1. The van der Waals surface area contributed by atoms with Gasteiger partial charge in [-0.1, -0.05) is 6.07 Å². The Kier molecular flexibility index (Phi) is 9.91. The number of aryl methyl sites for hydroxylation is 1. The molecule has 1 N–H and O–H groups in total. The van der Waals surface area contributed by atoms with Crippen LogP contribution in [0.4, 0.5) is 10.5 Å². The molecule has 1 aromatic rings. The summed E-state index contributed by atoms with van der Waals surface area (Å²) in [6, 6.07) is 4.40. The predicted molar refractivity (Wildman–Crippen MR) is 111 cm³/mol. The van der Waals surface area contributed by atoms with Crippen LogP contribution >= 0.6 is 0 Å². The highest BCUT2D eigenvalue weighted by molar-refractivity contribution is 5.94. The molecular weight excluding hydrogens is 408 g/mol. The van der Waals surface area contributed by atoms with Crippen LogP contribution in [0.15, 0.2) is 18.2 Å². The average Bonchev–Trinajstić information content (AvgIpc) is 2.65. The van der Waals surface area contributed by atoms with Crippen LogP contribution in [-0.4, -0.2) is 41.8 Å². The molecule has 10 nitrogen and oxygen atoms in total. The highest BCUT2D eigenvalue weighted by Gasteiger charge is 2.30. The lowest BCUT2D eigenvalue weighted by molar-refractivity contribution is -0.385. The van der Waals surface area contributed by atoms with E-state index in [4.69, 9.17) is 14.2 Å². The van der Waals surface area contributed by atoms with Crippen molar-refractivity contribution < 1.29 is 33.5 Å². The first-order valence-electron chi connectivity index (χ1n) is 10.0. The number of nitrogens with one attached hydrogen (secondary N) is 1. The highest BCUT2D eigenvalue weighted by Crippen LogP contribution is 2.24. The third kappa shape index (κ3) is 9.02. The molecule has 1 amide bonds. The fourth-order valence-corrected chi connectivity index (χ4v) is 2.73. The van der Waals surface area contributed by atoms with Crippen molar-refractivity contribution in [3.05, 3.63) is 39.4 Å². The van der Waals surface area contributed by atoms with Crippen LogP contribution in [0.25, 0.3) is 0 Å². The smallest absolute Gasteiger partial charge is 0.407 e. The lowest BCUT2D eigenvalue weighted by Crippen LogP contribution is -2.32. The number of nitro benzene ring substituents is 1. The number of hydrogen-bond acceptors (Lipinski definition) is 8. The molecule has 0 fully saturated rings. The molecule has 0 aliphatic heterocycles. The van der Waals surface area contributed by atoms with Crippen LogP contribution < -0.4 is 5.32 Å². The van der Waals surface area contributed by atoms with Gasteiger partial charge in [-0.15, -0.1) is 0 Å². The summed E-state index contributed by atoms with van der Waals surface area (Å²) in [5, 5.41) is 14.0. The summed E-state index contributed by atoms with van der Waals surface area (Å²) in [7, 11) is 0. The third-order valence-electron chi connectivity index (χ3n) is 4.02. The highest BCUT2D eigenvalue weighted by atomic mass is 16.6. The number of rotatable bonds is 10. The minimum Gasteiger partial charge on any atom is -0.465 e. The van der Waals surface area contributed by atoms with Gasteiger partial charge < -0.3 is 19.5 Å². The topological polar surface area (TPSA) is 134 Å². The van der Waals surface area contributed by atoms with Crippen molar-refractivity contribution >= 4 is 23.7 Å². The maximum atomic E-state index is 12.1. The quantitative estimate of drug-likeness (QED) is 0.193. The second kappa shape index (κ2) is 11.9. The molecule has 0 unspecified atom stereocenters. The molecule has 31 heavy (non-hydrogen) atoms. The van der Waals surface area contributed by atoms with E-state index < -0.39 is 34.5 Å². The Morgan fingerprint density at radius 1 is 1.10 bits per heavy atom. The van der Waals surface area contributed by atoms with Gasteiger partial charge in [-0.25, -0.2) is 4.79 Å². The van der Waals surface area contributed by atoms with Crippen molar-refractivity contribution in [1.29, 1.82) is 0 Å². The molecule has 0 spiro atoms. The molecule has 172 valence electrons. The van der Waals surface area contributed by atoms with E-state index in [9.17, 15) is 24.5 Å². The van der Waals surface area contributed by atoms with Crippen LogP contribution in [0.3, 0.4) is 0 Å². The second-order valence-corrected chi connectivity index (χ2v) is 7.67. The molecule has 1 rings (SSSR count). The van der Waals surface area contributed by atoms with Crippen LogP contribution in [0.5, 0.6) is 0 Å². The van der Waals surface area contributed by atoms with E-state index in [0.717, 1.165) is 0 Å². The number of carbonyl (C=O) groups excluding carboxylic acids is 3. The van der Waals surface area contributed by atoms with Gasteiger partial charge in [0.05, 0.1) is 18.1 Å². The van der Waals surface area contributed by atoms with Crippen molar-refractivity contribution in [3.63, 3.8) is 0 Å². The van der Waals surface area contributed by atoms with Gasteiger partial charge in [0.1, 0.15) is 5.60 Å². The van der Waals surface area contributed by atoms with Crippen LogP contribution in [-0.2, 0) is 36.8 Å². The summed E-state index contributed by atoms with van der Waals surface area (Å²) in [6.45, 7) is 8.74. The molecule has 0 aliphatic rings. The third-order valence-corrected chi connectivity index (χ3v) is 4.02. The van der Waals surface area contributed by atoms with E-state index in [2.05, 4.69) is 5.32 Å². The lowest BCUT2D eigenvalue weighted by atomic mass is 9.97. The Bertz CT molecular complexity index is 783. The van der Waals surface area contributed by atoms with Crippen molar-refractivity contribution in [2.45, 2.75) is 59.6 Å². The number of hydrogen-bond donors (Lipinski definition) is 1. The number of nitro groups is 1. The van der Waals surface area contributed by atoms with E-state index >= 15 is 0 Å². The Morgan fingerprint density at radius 3 is 2.16 bits per heavy atom. The SMILES string of the molecule is CCOC(=O)C(CCc1cc(CNC(=O)OC(C)(C)C)ccc1[N+](=O)[O-])C(=O)OCC. The number of carbonyl (C=O) groups is 3. The minimum absolute atomic E-state index is 0.0124. The molecule has 1 aromatic carbocycles. The van der Waals surface area contributed by atoms with Crippen molar-refractivity contribution in [2.75, 3.05) is 13.2 Å². The number of amides is 1. The number of esters is 2. The van der Waals surface area contributed by atoms with Crippen LogP contribution in [0, 0.1) is 16.0 Å². The van der Waals surface area contributed by atoms with Crippen molar-refractivity contribution in [1.82, 2.24) is 5.32 Å². The molecule has 10 heteroatoms. The first-order chi connectivity index (χ1) is 14.5. The molecule has 0 atom stereocenters. The van der Waals surface area contributed by atoms with Gasteiger partial charge in [-0.2, -0.15) is 0 Å². The summed E-state index contributed by atoms with van der Waals surface area (Å²) in [5.41, 5.74) is 0.134.